The van der Waals surface area contributed by atoms with Gasteiger partial charge in [0.2, 0.25) is 0 Å². The van der Waals surface area contributed by atoms with E-state index in [9.17, 15) is 5.11 Å². The third-order valence-corrected chi connectivity index (χ3v) is 15.2. The van der Waals surface area contributed by atoms with Crippen molar-refractivity contribution < 1.29 is 14.6 Å². The number of hydrogen-bond donors (Lipinski definition) is 1. The van der Waals surface area contributed by atoms with Crippen LogP contribution in [-0.4, -0.2) is 34.6 Å². The van der Waals surface area contributed by atoms with E-state index in [4.69, 9.17) is 9.47 Å². The molecule has 1 heterocycles. The van der Waals surface area contributed by atoms with Gasteiger partial charge in [0.05, 0.1) is 12.7 Å². The van der Waals surface area contributed by atoms with Crippen molar-refractivity contribution in [3.63, 3.8) is 0 Å². The summed E-state index contributed by atoms with van der Waals surface area (Å²) in [6.07, 6.45) is 16.8. The van der Waals surface area contributed by atoms with Gasteiger partial charge in [0.25, 0.3) is 0 Å². The highest BCUT2D eigenvalue weighted by atomic mass is 127. The van der Waals surface area contributed by atoms with Crippen LogP contribution in [0.2, 0.25) is 0 Å². The molecule has 12 atom stereocenters. The number of hydrogen-bond acceptors (Lipinski definition) is 3. The van der Waals surface area contributed by atoms with Crippen molar-refractivity contribution >= 4 is 22.6 Å². The molecule has 5 unspecified atom stereocenters. The lowest BCUT2D eigenvalue weighted by Gasteiger charge is -2.72. The Hall–Kier alpha value is 0.610. The van der Waals surface area contributed by atoms with Gasteiger partial charge < -0.3 is 14.6 Å². The second-order valence-corrected chi connectivity index (χ2v) is 16.3. The number of rotatable bonds is 3. The quantitative estimate of drug-likeness (QED) is 0.267. The van der Waals surface area contributed by atoms with Crippen molar-refractivity contribution in [2.75, 3.05) is 13.2 Å². The molecule has 5 saturated carbocycles. The van der Waals surface area contributed by atoms with Crippen LogP contribution in [0.3, 0.4) is 0 Å². The van der Waals surface area contributed by atoms with Crippen molar-refractivity contribution in [1.29, 1.82) is 0 Å². The Labute approximate surface area is 228 Å². The van der Waals surface area contributed by atoms with Gasteiger partial charge in [0.1, 0.15) is 0 Å². The van der Waals surface area contributed by atoms with Crippen molar-refractivity contribution in [3.8, 4) is 0 Å². The second kappa shape index (κ2) is 9.08. The van der Waals surface area contributed by atoms with Gasteiger partial charge in [0.15, 0.2) is 6.29 Å². The maximum absolute atomic E-state index is 10.7. The summed E-state index contributed by atoms with van der Waals surface area (Å²) in [6, 6.07) is 0. The minimum absolute atomic E-state index is 0.0486. The van der Waals surface area contributed by atoms with E-state index in [1.54, 1.807) is 0 Å². The Kier molecular flexibility index (Phi) is 6.71. The maximum Gasteiger partial charge on any atom is 0.157 e. The summed E-state index contributed by atoms with van der Waals surface area (Å²) >= 11 is 2.84. The van der Waals surface area contributed by atoms with E-state index in [-0.39, 0.29) is 12.4 Å². The smallest absolute Gasteiger partial charge is 0.157 e. The van der Waals surface area contributed by atoms with E-state index in [2.05, 4.69) is 50.3 Å². The fourth-order valence-electron chi connectivity index (χ4n) is 11.6. The molecule has 6 fully saturated rings. The van der Waals surface area contributed by atoms with Gasteiger partial charge in [-0.3, -0.25) is 0 Å². The molecular formula is C31H51IO3. The highest BCUT2D eigenvalue weighted by molar-refractivity contribution is 14.1. The fraction of sp³-hybridized carbons (Fsp3) is 1.00. The van der Waals surface area contributed by atoms with E-state index in [0.717, 1.165) is 47.7 Å². The molecule has 0 amide bonds. The molecule has 1 saturated heterocycles. The summed E-state index contributed by atoms with van der Waals surface area (Å²) in [4.78, 5) is 0. The average molecular weight is 599 g/mol. The van der Waals surface area contributed by atoms with Gasteiger partial charge in [0, 0.05) is 10.5 Å². The average Bonchev–Trinajstić information content (AvgIpc) is 3.18. The first kappa shape index (κ1) is 25.9. The number of aliphatic hydroxyl groups excluding tert-OH is 1. The predicted molar refractivity (Wildman–Crippen MR) is 149 cm³/mol. The Morgan fingerprint density at radius 3 is 2.46 bits per heavy atom. The van der Waals surface area contributed by atoms with Crippen molar-refractivity contribution in [3.05, 3.63) is 0 Å². The molecule has 35 heavy (non-hydrogen) atoms. The molecule has 0 aromatic heterocycles. The van der Waals surface area contributed by atoms with Gasteiger partial charge >= 0.3 is 0 Å². The molecule has 0 radical (unpaired) electrons. The summed E-state index contributed by atoms with van der Waals surface area (Å²) in [5.41, 5.74) is 1.66. The van der Waals surface area contributed by atoms with E-state index < -0.39 is 0 Å². The van der Waals surface area contributed by atoms with E-state index in [1.165, 1.54) is 70.6 Å². The highest BCUT2D eigenvalue weighted by Crippen LogP contribution is 2.76. The Morgan fingerprint density at radius 1 is 0.857 bits per heavy atom. The molecular weight excluding hydrogens is 547 g/mol. The summed E-state index contributed by atoms with van der Waals surface area (Å²) in [5.74, 6) is 3.64. The molecule has 0 aromatic carbocycles. The second-order valence-electron chi connectivity index (χ2n) is 14.7. The van der Waals surface area contributed by atoms with Crippen LogP contribution in [0.1, 0.15) is 111 Å². The third kappa shape index (κ3) is 3.71. The zero-order valence-electron chi connectivity index (χ0n) is 22.9. The molecule has 5 aliphatic carbocycles. The number of alkyl halides is 1. The van der Waals surface area contributed by atoms with E-state index >= 15 is 0 Å². The zero-order valence-corrected chi connectivity index (χ0v) is 25.0. The van der Waals surface area contributed by atoms with Gasteiger partial charge in [-0.15, -0.1) is 0 Å². The molecule has 0 spiro atoms. The molecule has 6 rings (SSSR count). The van der Waals surface area contributed by atoms with Crippen LogP contribution >= 0.6 is 22.6 Å². The van der Waals surface area contributed by atoms with Crippen molar-refractivity contribution in [2.45, 2.75) is 127 Å². The van der Waals surface area contributed by atoms with Gasteiger partial charge in [-0.05, 0) is 135 Å². The third-order valence-electron chi connectivity index (χ3n) is 13.8. The van der Waals surface area contributed by atoms with Crippen LogP contribution in [0.15, 0.2) is 0 Å². The maximum atomic E-state index is 10.7. The predicted octanol–water partition coefficient (Wildman–Crippen LogP) is 7.77. The lowest BCUT2D eigenvalue weighted by atomic mass is 9.33. The molecule has 200 valence electrons. The normalized spacial score (nSPS) is 58.1. The first-order valence-corrected chi connectivity index (χ1v) is 16.4. The van der Waals surface area contributed by atoms with Crippen molar-refractivity contribution in [2.24, 2.45) is 51.2 Å². The zero-order chi connectivity index (χ0) is 24.6. The summed E-state index contributed by atoms with van der Waals surface area (Å²) in [5, 5.41) is 10.7. The first-order valence-electron chi connectivity index (χ1n) is 15.2. The van der Waals surface area contributed by atoms with Gasteiger partial charge in [-0.2, -0.15) is 0 Å². The van der Waals surface area contributed by atoms with E-state index in [0.29, 0.717) is 33.5 Å². The fourth-order valence-corrected chi connectivity index (χ4v) is 13.2. The monoisotopic (exact) mass is 598 g/mol. The molecule has 3 nitrogen and oxygen atoms in total. The molecule has 1 aliphatic heterocycles. The first-order chi connectivity index (χ1) is 16.6. The van der Waals surface area contributed by atoms with Crippen LogP contribution in [0, 0.1) is 51.2 Å². The summed E-state index contributed by atoms with van der Waals surface area (Å²) < 4.78 is 13.4. The molecule has 0 aromatic rings. The SMILES string of the molecule is C[C@@H]1C2CC[C@]3(C)C(CCC4C5[C@H](I)CC[C@]5(COC5CCCCO5)CC[C@]43C)[C@@]2(C)CC[C@@H]1O. The minimum atomic E-state index is -0.0777. The Balaban J connectivity index is 1.28. The Morgan fingerprint density at radius 2 is 1.69 bits per heavy atom. The summed E-state index contributed by atoms with van der Waals surface area (Å²) in [7, 11) is 0. The summed E-state index contributed by atoms with van der Waals surface area (Å²) in [6.45, 7) is 12.3. The van der Waals surface area contributed by atoms with Crippen LogP contribution in [0.4, 0.5) is 0 Å². The number of halogens is 1. The molecule has 4 heteroatoms. The molecule has 1 N–H and O–H groups in total. The topological polar surface area (TPSA) is 38.7 Å². The number of aliphatic hydroxyl groups is 1. The van der Waals surface area contributed by atoms with Crippen LogP contribution in [0.25, 0.3) is 0 Å². The van der Waals surface area contributed by atoms with Gasteiger partial charge in [-0.1, -0.05) is 50.3 Å². The number of fused-ring (bicyclic) bond motifs is 7. The standard InChI is InChI=1S/C31H51IO3/c1-20-21-10-14-30(4)25(28(21,2)13-12-24(20)33)9-8-22-27-23(32)11-15-31(27,17-16-29(22,30)3)19-35-26-7-5-6-18-34-26/h20-27,33H,5-19H2,1-4H3/t20-,21?,22?,23-,24+,25?,26?,27?,28+,29-,30-,31-/m1/s1. The van der Waals surface area contributed by atoms with Crippen LogP contribution in [0.5, 0.6) is 0 Å². The minimum Gasteiger partial charge on any atom is -0.393 e. The largest absolute Gasteiger partial charge is 0.393 e. The highest BCUT2D eigenvalue weighted by Gasteiger charge is 2.69. The number of ether oxygens (including phenoxy) is 2. The lowest BCUT2D eigenvalue weighted by Crippen LogP contribution is -2.65. The lowest BCUT2D eigenvalue weighted by molar-refractivity contribution is -0.243. The molecule has 6 aliphatic rings. The Bertz CT molecular complexity index is 798. The van der Waals surface area contributed by atoms with Crippen LogP contribution < -0.4 is 0 Å². The molecule has 0 bridgehead atoms. The van der Waals surface area contributed by atoms with Crippen LogP contribution in [-0.2, 0) is 9.47 Å². The van der Waals surface area contributed by atoms with E-state index in [1.807, 2.05) is 0 Å². The van der Waals surface area contributed by atoms with Gasteiger partial charge in [-0.25, -0.2) is 0 Å². The van der Waals surface area contributed by atoms with Crippen molar-refractivity contribution in [1.82, 2.24) is 0 Å².